The second-order valence-corrected chi connectivity index (χ2v) is 6.61. The number of sulfonamides is 1. The molecule has 17 heavy (non-hydrogen) atoms. The van der Waals surface area contributed by atoms with E-state index in [4.69, 9.17) is 9.52 Å². The quantitative estimate of drug-likeness (QED) is 0.843. The standard InChI is InChI=1S/C10H17NO4S2/c1-8-10(6-9(7-12)15-8)17(13,14)11(2)4-5-16-3/h6,12H,4-5,7H2,1-3H3. The van der Waals surface area contributed by atoms with E-state index in [0.29, 0.717) is 12.3 Å². The monoisotopic (exact) mass is 279 g/mol. The molecular formula is C10H17NO4S2. The van der Waals surface area contributed by atoms with Crippen molar-refractivity contribution < 1.29 is 17.9 Å². The van der Waals surface area contributed by atoms with Gasteiger partial charge in [-0.05, 0) is 13.2 Å². The zero-order valence-electron chi connectivity index (χ0n) is 10.1. The Morgan fingerprint density at radius 1 is 1.53 bits per heavy atom. The third-order valence-corrected chi connectivity index (χ3v) is 4.93. The fraction of sp³-hybridized carbons (Fsp3) is 0.600. The maximum atomic E-state index is 12.2. The lowest BCUT2D eigenvalue weighted by Gasteiger charge is -2.15. The summed E-state index contributed by atoms with van der Waals surface area (Å²) < 4.78 is 30.8. The number of aliphatic hydroxyl groups is 1. The summed E-state index contributed by atoms with van der Waals surface area (Å²) in [4.78, 5) is 0.130. The minimum Gasteiger partial charge on any atom is -0.462 e. The van der Waals surface area contributed by atoms with Crippen molar-refractivity contribution in [3.05, 3.63) is 17.6 Å². The molecule has 98 valence electrons. The summed E-state index contributed by atoms with van der Waals surface area (Å²) in [6.07, 6.45) is 1.92. The van der Waals surface area contributed by atoms with E-state index >= 15 is 0 Å². The van der Waals surface area contributed by atoms with Gasteiger partial charge in [0.15, 0.2) is 0 Å². The lowest BCUT2D eigenvalue weighted by atomic mass is 10.4. The second kappa shape index (κ2) is 5.90. The van der Waals surface area contributed by atoms with Crippen LogP contribution < -0.4 is 0 Å². The molecule has 0 bridgehead atoms. The van der Waals surface area contributed by atoms with Gasteiger partial charge in [0.05, 0.1) is 0 Å². The van der Waals surface area contributed by atoms with Crippen LogP contribution in [0.15, 0.2) is 15.4 Å². The number of rotatable bonds is 6. The molecule has 1 rings (SSSR count). The predicted octanol–water partition coefficient (Wildman–Crippen LogP) is 1.06. The normalized spacial score (nSPS) is 12.3. The summed E-state index contributed by atoms with van der Waals surface area (Å²) in [7, 11) is -1.98. The Balaban J connectivity index is 2.99. The van der Waals surface area contributed by atoms with Gasteiger partial charge in [-0.15, -0.1) is 0 Å². The van der Waals surface area contributed by atoms with E-state index in [2.05, 4.69) is 0 Å². The van der Waals surface area contributed by atoms with E-state index in [0.717, 1.165) is 5.75 Å². The summed E-state index contributed by atoms with van der Waals surface area (Å²) in [5, 5.41) is 8.92. The molecule has 0 aromatic carbocycles. The number of aryl methyl sites for hydroxylation is 1. The third-order valence-electron chi connectivity index (χ3n) is 2.38. The van der Waals surface area contributed by atoms with Crippen LogP contribution in [0.25, 0.3) is 0 Å². The van der Waals surface area contributed by atoms with E-state index in [1.807, 2.05) is 6.26 Å². The second-order valence-electron chi connectivity index (χ2n) is 3.61. The molecule has 1 aromatic heterocycles. The van der Waals surface area contributed by atoms with E-state index in [1.165, 1.54) is 17.4 Å². The molecule has 1 aromatic rings. The van der Waals surface area contributed by atoms with Crippen molar-refractivity contribution in [1.29, 1.82) is 0 Å². The molecule has 1 heterocycles. The van der Waals surface area contributed by atoms with Gasteiger partial charge in [-0.3, -0.25) is 0 Å². The number of hydrogen-bond donors (Lipinski definition) is 1. The first-order valence-corrected chi connectivity index (χ1v) is 7.92. The van der Waals surface area contributed by atoms with Crippen LogP contribution in [0.5, 0.6) is 0 Å². The minimum absolute atomic E-state index is 0.130. The number of furan rings is 1. The first-order chi connectivity index (χ1) is 7.93. The van der Waals surface area contributed by atoms with Crippen molar-refractivity contribution >= 4 is 21.8 Å². The summed E-state index contributed by atoms with van der Waals surface area (Å²) in [5.74, 6) is 1.31. The van der Waals surface area contributed by atoms with Crippen LogP contribution in [0.2, 0.25) is 0 Å². The highest BCUT2D eigenvalue weighted by atomic mass is 32.2. The van der Waals surface area contributed by atoms with Gasteiger partial charge >= 0.3 is 0 Å². The molecule has 0 radical (unpaired) electrons. The first kappa shape index (κ1) is 14.6. The van der Waals surface area contributed by atoms with Crippen LogP contribution in [0.4, 0.5) is 0 Å². The van der Waals surface area contributed by atoms with Crippen LogP contribution in [0.3, 0.4) is 0 Å². The Kier molecular flexibility index (Phi) is 5.05. The highest BCUT2D eigenvalue weighted by Crippen LogP contribution is 2.23. The molecule has 5 nitrogen and oxygen atoms in total. The fourth-order valence-corrected chi connectivity index (χ4v) is 3.29. The average molecular weight is 279 g/mol. The molecule has 0 saturated heterocycles. The average Bonchev–Trinajstić information content (AvgIpc) is 2.67. The maximum Gasteiger partial charge on any atom is 0.246 e. The zero-order valence-corrected chi connectivity index (χ0v) is 11.8. The molecule has 0 spiro atoms. The SMILES string of the molecule is CSCCN(C)S(=O)(=O)c1cc(CO)oc1C. The van der Waals surface area contributed by atoms with Gasteiger partial charge in [-0.2, -0.15) is 16.1 Å². The van der Waals surface area contributed by atoms with Crippen LogP contribution in [-0.4, -0.2) is 43.4 Å². The maximum absolute atomic E-state index is 12.2. The van der Waals surface area contributed by atoms with E-state index in [9.17, 15) is 8.42 Å². The van der Waals surface area contributed by atoms with E-state index in [1.54, 1.807) is 18.7 Å². The van der Waals surface area contributed by atoms with Crippen molar-refractivity contribution in [2.24, 2.45) is 0 Å². The van der Waals surface area contributed by atoms with Gasteiger partial charge in [0.25, 0.3) is 0 Å². The van der Waals surface area contributed by atoms with Gasteiger partial charge in [0, 0.05) is 25.4 Å². The van der Waals surface area contributed by atoms with Crippen LogP contribution >= 0.6 is 11.8 Å². The topological polar surface area (TPSA) is 70.8 Å². The molecule has 0 unspecified atom stereocenters. The van der Waals surface area contributed by atoms with E-state index < -0.39 is 10.0 Å². The fourth-order valence-electron chi connectivity index (χ4n) is 1.37. The zero-order chi connectivity index (χ0) is 13.1. The highest BCUT2D eigenvalue weighted by molar-refractivity contribution is 7.98. The molecule has 0 aliphatic rings. The Hall–Kier alpha value is -0.500. The van der Waals surface area contributed by atoms with Gasteiger partial charge in [0.1, 0.15) is 23.0 Å². The molecule has 0 atom stereocenters. The number of thioether (sulfide) groups is 1. The Morgan fingerprint density at radius 3 is 2.65 bits per heavy atom. The highest BCUT2D eigenvalue weighted by Gasteiger charge is 2.25. The Morgan fingerprint density at radius 2 is 2.18 bits per heavy atom. The van der Waals surface area contributed by atoms with Crippen LogP contribution in [0, 0.1) is 6.92 Å². The van der Waals surface area contributed by atoms with E-state index in [-0.39, 0.29) is 17.3 Å². The predicted molar refractivity (Wildman–Crippen MR) is 67.6 cm³/mol. The number of aliphatic hydroxyl groups excluding tert-OH is 1. The number of hydrogen-bond acceptors (Lipinski definition) is 5. The molecule has 0 fully saturated rings. The summed E-state index contributed by atoms with van der Waals surface area (Å²) >= 11 is 1.59. The first-order valence-electron chi connectivity index (χ1n) is 5.09. The largest absolute Gasteiger partial charge is 0.462 e. The molecule has 1 N–H and O–H groups in total. The lowest BCUT2D eigenvalue weighted by molar-refractivity contribution is 0.244. The van der Waals surface area contributed by atoms with Crippen molar-refractivity contribution in [3.63, 3.8) is 0 Å². The van der Waals surface area contributed by atoms with Gasteiger partial charge in [0.2, 0.25) is 10.0 Å². The van der Waals surface area contributed by atoms with Gasteiger partial charge in [-0.1, -0.05) is 0 Å². The van der Waals surface area contributed by atoms with Crippen molar-refractivity contribution in [2.75, 3.05) is 25.6 Å². The third kappa shape index (κ3) is 3.25. The van der Waals surface area contributed by atoms with Crippen molar-refractivity contribution in [2.45, 2.75) is 18.4 Å². The molecular weight excluding hydrogens is 262 g/mol. The number of nitrogens with zero attached hydrogens (tertiary/aromatic N) is 1. The molecule has 0 aliphatic carbocycles. The molecule has 0 aliphatic heterocycles. The summed E-state index contributed by atoms with van der Waals surface area (Å²) in [5.41, 5.74) is 0. The van der Waals surface area contributed by atoms with Crippen molar-refractivity contribution in [1.82, 2.24) is 4.31 Å². The lowest BCUT2D eigenvalue weighted by Crippen LogP contribution is -2.29. The summed E-state index contributed by atoms with van der Waals surface area (Å²) in [6, 6.07) is 1.38. The van der Waals surface area contributed by atoms with Crippen molar-refractivity contribution in [3.8, 4) is 0 Å². The molecule has 7 heteroatoms. The minimum atomic E-state index is -3.52. The van der Waals surface area contributed by atoms with Gasteiger partial charge < -0.3 is 9.52 Å². The van der Waals surface area contributed by atoms with Crippen LogP contribution in [-0.2, 0) is 16.6 Å². The van der Waals surface area contributed by atoms with Gasteiger partial charge in [-0.25, -0.2) is 8.42 Å². The molecule has 0 saturated carbocycles. The molecule has 0 amide bonds. The Bertz CT molecular complexity index is 467. The Labute approximate surface area is 106 Å². The smallest absolute Gasteiger partial charge is 0.246 e. The van der Waals surface area contributed by atoms with Crippen LogP contribution in [0.1, 0.15) is 11.5 Å². The summed E-state index contributed by atoms with van der Waals surface area (Å²) in [6.45, 7) is 1.72.